The molecule has 4 rings (SSSR count). The molecule has 0 radical (unpaired) electrons. The quantitative estimate of drug-likeness (QED) is 0.136. The normalized spacial score (nSPS) is 56.9. The van der Waals surface area contributed by atoms with Crippen molar-refractivity contribution in [2.24, 2.45) is 0 Å². The lowest BCUT2D eigenvalue weighted by molar-refractivity contribution is -0.386. The molecule has 0 aliphatic carbocycles. The van der Waals surface area contributed by atoms with E-state index in [2.05, 4.69) is 0 Å². The molecule has 0 aromatic carbocycles. The molecule has 240 valence electrons. The Morgan fingerprint density at radius 1 is 0.341 bits per heavy atom. The minimum absolute atomic E-state index is 0.914. The zero-order valence-electron chi connectivity index (χ0n) is 22.9. The molecule has 17 heteroatoms. The van der Waals surface area contributed by atoms with Crippen molar-refractivity contribution in [3.8, 4) is 0 Å². The summed E-state index contributed by atoms with van der Waals surface area (Å²) in [5.41, 5.74) is 0. The molecule has 0 saturated carbocycles. The molecule has 0 aromatic heterocycles. The molecule has 20 atom stereocenters. The van der Waals surface area contributed by atoms with E-state index >= 15 is 0 Å². The maximum atomic E-state index is 11.0. The molecule has 0 amide bonds. The van der Waals surface area contributed by atoms with Crippen LogP contribution in [0.1, 0.15) is 27.7 Å². The molecule has 4 aliphatic heterocycles. The van der Waals surface area contributed by atoms with E-state index < -0.39 is 123 Å². The van der Waals surface area contributed by atoms with Gasteiger partial charge in [-0.15, -0.1) is 0 Å². The summed E-state index contributed by atoms with van der Waals surface area (Å²) in [6.45, 7) is 5.70. The van der Waals surface area contributed by atoms with E-state index in [4.69, 9.17) is 33.2 Å². The van der Waals surface area contributed by atoms with Crippen molar-refractivity contribution in [1.29, 1.82) is 0 Å². The van der Waals surface area contributed by atoms with E-state index in [9.17, 15) is 51.1 Å². The summed E-state index contributed by atoms with van der Waals surface area (Å²) in [6, 6.07) is 0. The number of hydrogen-bond acceptors (Lipinski definition) is 17. The number of aliphatic hydroxyl groups is 10. The van der Waals surface area contributed by atoms with E-state index in [1.165, 1.54) is 27.7 Å². The summed E-state index contributed by atoms with van der Waals surface area (Å²) < 4.78 is 38.5. The molecule has 17 nitrogen and oxygen atoms in total. The van der Waals surface area contributed by atoms with E-state index in [0.29, 0.717) is 0 Å². The second kappa shape index (κ2) is 13.1. The van der Waals surface area contributed by atoms with E-state index in [1.807, 2.05) is 0 Å². The first kappa shape index (κ1) is 33.2. The topological polar surface area (TPSA) is 267 Å². The molecule has 4 fully saturated rings. The minimum atomic E-state index is -1.80. The second-order valence-corrected chi connectivity index (χ2v) is 11.1. The molecule has 4 saturated heterocycles. The third-order valence-corrected chi connectivity index (χ3v) is 8.05. The van der Waals surface area contributed by atoms with Crippen LogP contribution in [0.25, 0.3) is 0 Å². The highest BCUT2D eigenvalue weighted by molar-refractivity contribution is 4.96. The maximum absolute atomic E-state index is 11.0. The summed E-state index contributed by atoms with van der Waals surface area (Å²) in [5.74, 6) is 0. The first-order valence-corrected chi connectivity index (χ1v) is 13.5. The summed E-state index contributed by atoms with van der Waals surface area (Å²) in [5, 5.41) is 104. The van der Waals surface area contributed by atoms with Crippen LogP contribution in [0, 0.1) is 0 Å². The van der Waals surface area contributed by atoms with Crippen molar-refractivity contribution in [3.05, 3.63) is 0 Å². The van der Waals surface area contributed by atoms with E-state index in [0.717, 1.165) is 0 Å². The first-order valence-electron chi connectivity index (χ1n) is 13.5. The highest BCUT2D eigenvalue weighted by Gasteiger charge is 2.54. The highest BCUT2D eigenvalue weighted by Crippen LogP contribution is 2.34. The lowest BCUT2D eigenvalue weighted by Gasteiger charge is -2.48. The van der Waals surface area contributed by atoms with Gasteiger partial charge in [0.1, 0.15) is 73.2 Å². The Labute approximate surface area is 235 Å². The van der Waals surface area contributed by atoms with Crippen LogP contribution >= 0.6 is 0 Å². The van der Waals surface area contributed by atoms with Gasteiger partial charge in [-0.2, -0.15) is 0 Å². The van der Waals surface area contributed by atoms with Gasteiger partial charge >= 0.3 is 0 Å². The second-order valence-electron chi connectivity index (χ2n) is 11.1. The lowest BCUT2D eigenvalue weighted by atomic mass is 9.96. The van der Waals surface area contributed by atoms with Gasteiger partial charge in [0, 0.05) is 0 Å². The first-order chi connectivity index (χ1) is 19.1. The van der Waals surface area contributed by atoms with Crippen molar-refractivity contribution in [1.82, 2.24) is 0 Å². The fraction of sp³-hybridized carbons (Fsp3) is 1.00. The van der Waals surface area contributed by atoms with Gasteiger partial charge in [0.05, 0.1) is 24.4 Å². The molecule has 4 aliphatic rings. The molecule has 0 unspecified atom stereocenters. The highest BCUT2D eigenvalue weighted by atomic mass is 16.8. The summed E-state index contributed by atoms with van der Waals surface area (Å²) in [6.07, 6.45) is -29.5. The van der Waals surface area contributed by atoms with Gasteiger partial charge < -0.3 is 84.2 Å². The maximum Gasteiger partial charge on any atom is 0.187 e. The van der Waals surface area contributed by atoms with Gasteiger partial charge in [-0.1, -0.05) is 0 Å². The van der Waals surface area contributed by atoms with Crippen LogP contribution in [-0.2, 0) is 33.2 Å². The molecule has 41 heavy (non-hydrogen) atoms. The Balaban J connectivity index is 1.47. The van der Waals surface area contributed by atoms with Gasteiger partial charge in [-0.25, -0.2) is 0 Å². The standard InChI is InChI=1S/C24H42O17/c1-5-10(26)14(30)20(21(34)35-5)41-24-17(33)19(12(28)8(4)38-24)40-23-16(32)18(11(27)7(3)37-23)39-22-15(31)13(29)9(25)6(2)36-22/h5-34H,1-4H3/t5-,6-,7-,8-,9-,10+,11-,12-,13+,14+,15+,16+,17+,18+,19+,20+,21+,22-,23-,24-/m0/s1. The molecular formula is C24H42O17. The number of rotatable bonds is 6. The van der Waals surface area contributed by atoms with Crippen molar-refractivity contribution in [2.45, 2.75) is 151 Å². The smallest absolute Gasteiger partial charge is 0.187 e. The monoisotopic (exact) mass is 602 g/mol. The van der Waals surface area contributed by atoms with Crippen molar-refractivity contribution >= 4 is 0 Å². The van der Waals surface area contributed by atoms with Crippen LogP contribution in [0.5, 0.6) is 0 Å². The fourth-order valence-electron chi connectivity index (χ4n) is 5.30. The minimum Gasteiger partial charge on any atom is -0.388 e. The molecule has 10 N–H and O–H groups in total. The van der Waals surface area contributed by atoms with Gasteiger partial charge in [0.15, 0.2) is 25.2 Å². The summed E-state index contributed by atoms with van der Waals surface area (Å²) >= 11 is 0. The average molecular weight is 603 g/mol. The van der Waals surface area contributed by atoms with Gasteiger partial charge in [-0.3, -0.25) is 0 Å². The van der Waals surface area contributed by atoms with Gasteiger partial charge in [-0.05, 0) is 27.7 Å². The fourth-order valence-corrected chi connectivity index (χ4v) is 5.30. The predicted molar refractivity (Wildman–Crippen MR) is 128 cm³/mol. The van der Waals surface area contributed by atoms with Crippen LogP contribution in [-0.4, -0.2) is 174 Å². The SMILES string of the molecule is C[C@@H]1O[C@@H](O[C@@H]2[C@@H](O)[C@H](C)O[C@@H](O[C@@H]3[C@@H](O)[C@H](C)O[C@@H](O[C@@H]4[C@H](O)[C@H](O)[C@H](C)O[C@H]4O)[C@@H]3O)[C@@H]2O)[C@H](O)[C@H](O)[C@H]1O. The average Bonchev–Trinajstić information content (AvgIpc) is 2.92. The van der Waals surface area contributed by atoms with Gasteiger partial charge in [0.25, 0.3) is 0 Å². The van der Waals surface area contributed by atoms with Crippen molar-refractivity contribution in [2.75, 3.05) is 0 Å². The molecule has 0 bridgehead atoms. The lowest BCUT2D eigenvalue weighted by Crippen LogP contribution is -2.66. The zero-order valence-corrected chi connectivity index (χ0v) is 22.9. The molecule has 4 heterocycles. The zero-order chi connectivity index (χ0) is 30.5. The Morgan fingerprint density at radius 3 is 1.15 bits per heavy atom. The van der Waals surface area contributed by atoms with Crippen LogP contribution in [0.15, 0.2) is 0 Å². The predicted octanol–water partition coefficient (Wildman–Crippen LogP) is -5.64. The summed E-state index contributed by atoms with van der Waals surface area (Å²) in [4.78, 5) is 0. The molecular weight excluding hydrogens is 560 g/mol. The van der Waals surface area contributed by atoms with E-state index in [1.54, 1.807) is 0 Å². The molecule has 0 aromatic rings. The Hall–Kier alpha value is -0.680. The third-order valence-electron chi connectivity index (χ3n) is 8.05. The van der Waals surface area contributed by atoms with Crippen molar-refractivity contribution < 1.29 is 84.2 Å². The largest absolute Gasteiger partial charge is 0.388 e. The van der Waals surface area contributed by atoms with Crippen LogP contribution in [0.4, 0.5) is 0 Å². The number of hydrogen-bond donors (Lipinski definition) is 10. The number of ether oxygens (including phenoxy) is 7. The van der Waals surface area contributed by atoms with Crippen molar-refractivity contribution in [3.63, 3.8) is 0 Å². The van der Waals surface area contributed by atoms with Crippen LogP contribution in [0.3, 0.4) is 0 Å². The van der Waals surface area contributed by atoms with Crippen LogP contribution < -0.4 is 0 Å². The molecule has 0 spiro atoms. The Morgan fingerprint density at radius 2 is 0.683 bits per heavy atom. The van der Waals surface area contributed by atoms with E-state index in [-0.39, 0.29) is 0 Å². The Kier molecular flexibility index (Phi) is 10.6. The summed E-state index contributed by atoms with van der Waals surface area (Å²) in [7, 11) is 0. The number of aliphatic hydroxyl groups excluding tert-OH is 10. The Bertz CT molecular complexity index is 853. The van der Waals surface area contributed by atoms with Gasteiger partial charge in [0.2, 0.25) is 0 Å². The van der Waals surface area contributed by atoms with Crippen LogP contribution in [0.2, 0.25) is 0 Å². The third kappa shape index (κ3) is 6.57.